The maximum atomic E-state index is 12.3. The van der Waals surface area contributed by atoms with Crippen LogP contribution in [0.3, 0.4) is 0 Å². The number of aryl methyl sites for hydroxylation is 1. The van der Waals surface area contributed by atoms with Gasteiger partial charge in [0.1, 0.15) is 0 Å². The van der Waals surface area contributed by atoms with Gasteiger partial charge in [-0.2, -0.15) is 0 Å². The SMILES string of the molecule is CCc1ccccc1N1C[C@H](C(=O)N[C@@H](C)CC)CC1=O. The van der Waals surface area contributed by atoms with Gasteiger partial charge in [-0.1, -0.05) is 32.0 Å². The maximum absolute atomic E-state index is 12.3. The highest BCUT2D eigenvalue weighted by Crippen LogP contribution is 2.28. The fraction of sp³-hybridized carbons (Fsp3) is 0.529. The quantitative estimate of drug-likeness (QED) is 0.905. The summed E-state index contributed by atoms with van der Waals surface area (Å²) in [5.41, 5.74) is 2.10. The third-order valence-electron chi connectivity index (χ3n) is 4.16. The molecular formula is C17H24N2O2. The van der Waals surface area contributed by atoms with Gasteiger partial charge < -0.3 is 10.2 Å². The average Bonchev–Trinajstić information content (AvgIpc) is 2.89. The summed E-state index contributed by atoms with van der Waals surface area (Å²) in [7, 11) is 0. The summed E-state index contributed by atoms with van der Waals surface area (Å²) >= 11 is 0. The summed E-state index contributed by atoms with van der Waals surface area (Å²) in [5.74, 6) is -0.203. The molecule has 1 N–H and O–H groups in total. The summed E-state index contributed by atoms with van der Waals surface area (Å²) in [6.45, 7) is 6.58. The molecule has 4 nitrogen and oxygen atoms in total. The lowest BCUT2D eigenvalue weighted by Gasteiger charge is -2.20. The molecular weight excluding hydrogens is 264 g/mol. The van der Waals surface area contributed by atoms with Crippen LogP contribution >= 0.6 is 0 Å². The second kappa shape index (κ2) is 6.74. The number of hydrogen-bond acceptors (Lipinski definition) is 2. The van der Waals surface area contributed by atoms with Crippen molar-refractivity contribution in [3.05, 3.63) is 29.8 Å². The van der Waals surface area contributed by atoms with Gasteiger partial charge in [0, 0.05) is 24.7 Å². The molecule has 1 heterocycles. The van der Waals surface area contributed by atoms with Crippen molar-refractivity contribution in [2.45, 2.75) is 46.1 Å². The van der Waals surface area contributed by atoms with Crippen LogP contribution in [0.2, 0.25) is 0 Å². The van der Waals surface area contributed by atoms with Crippen LogP contribution < -0.4 is 10.2 Å². The van der Waals surface area contributed by atoms with Crippen molar-refractivity contribution in [2.75, 3.05) is 11.4 Å². The predicted octanol–water partition coefficient (Wildman–Crippen LogP) is 2.52. The normalized spacial score (nSPS) is 19.7. The second-order valence-electron chi connectivity index (χ2n) is 5.71. The molecule has 1 aromatic rings. The molecule has 1 aromatic carbocycles. The average molecular weight is 288 g/mol. The number of nitrogens with zero attached hydrogens (tertiary/aromatic N) is 1. The van der Waals surface area contributed by atoms with Gasteiger partial charge in [0.05, 0.1) is 5.92 Å². The van der Waals surface area contributed by atoms with Crippen molar-refractivity contribution < 1.29 is 9.59 Å². The number of rotatable bonds is 5. The van der Waals surface area contributed by atoms with Crippen LogP contribution in [-0.4, -0.2) is 24.4 Å². The lowest BCUT2D eigenvalue weighted by molar-refractivity contribution is -0.126. The molecule has 0 aliphatic carbocycles. The Bertz CT molecular complexity index is 527. The molecule has 114 valence electrons. The van der Waals surface area contributed by atoms with Crippen LogP contribution in [0.25, 0.3) is 0 Å². The maximum Gasteiger partial charge on any atom is 0.227 e. The van der Waals surface area contributed by atoms with Gasteiger partial charge >= 0.3 is 0 Å². The van der Waals surface area contributed by atoms with Crippen molar-refractivity contribution in [3.63, 3.8) is 0 Å². The topological polar surface area (TPSA) is 49.4 Å². The number of carbonyl (C=O) groups is 2. The molecule has 0 unspecified atom stereocenters. The van der Waals surface area contributed by atoms with Crippen molar-refractivity contribution in [1.29, 1.82) is 0 Å². The van der Waals surface area contributed by atoms with Gasteiger partial charge in [-0.25, -0.2) is 0 Å². The van der Waals surface area contributed by atoms with Crippen molar-refractivity contribution >= 4 is 17.5 Å². The van der Waals surface area contributed by atoms with E-state index in [-0.39, 0.29) is 23.8 Å². The van der Waals surface area contributed by atoms with Crippen molar-refractivity contribution in [1.82, 2.24) is 5.32 Å². The fourth-order valence-electron chi connectivity index (χ4n) is 2.65. The largest absolute Gasteiger partial charge is 0.353 e. The number of para-hydroxylation sites is 1. The van der Waals surface area contributed by atoms with E-state index >= 15 is 0 Å². The van der Waals surface area contributed by atoms with Gasteiger partial charge in [-0.05, 0) is 31.4 Å². The predicted molar refractivity (Wildman–Crippen MR) is 84.2 cm³/mol. The molecule has 0 bridgehead atoms. The van der Waals surface area contributed by atoms with Crippen LogP contribution in [0.4, 0.5) is 5.69 Å². The zero-order chi connectivity index (χ0) is 15.4. The van der Waals surface area contributed by atoms with E-state index in [1.54, 1.807) is 4.90 Å². The first-order valence-electron chi connectivity index (χ1n) is 7.75. The van der Waals surface area contributed by atoms with Crippen LogP contribution in [0, 0.1) is 5.92 Å². The molecule has 2 rings (SSSR count). The number of hydrogen-bond donors (Lipinski definition) is 1. The van der Waals surface area contributed by atoms with E-state index in [4.69, 9.17) is 0 Å². The molecule has 0 radical (unpaired) electrons. The Morgan fingerprint density at radius 1 is 1.38 bits per heavy atom. The summed E-state index contributed by atoms with van der Waals surface area (Å²) in [6, 6.07) is 8.08. The Morgan fingerprint density at radius 2 is 2.10 bits per heavy atom. The van der Waals surface area contributed by atoms with Crippen molar-refractivity contribution in [3.8, 4) is 0 Å². The second-order valence-corrected chi connectivity index (χ2v) is 5.71. The highest BCUT2D eigenvalue weighted by Gasteiger charge is 2.35. The Morgan fingerprint density at radius 3 is 2.76 bits per heavy atom. The van der Waals surface area contributed by atoms with Crippen LogP contribution in [0.15, 0.2) is 24.3 Å². The molecule has 2 amide bonds. The fourth-order valence-corrected chi connectivity index (χ4v) is 2.65. The first kappa shape index (κ1) is 15.5. The van der Waals surface area contributed by atoms with Gasteiger partial charge in [0.25, 0.3) is 0 Å². The van der Waals surface area contributed by atoms with E-state index in [1.807, 2.05) is 38.1 Å². The van der Waals surface area contributed by atoms with E-state index in [9.17, 15) is 9.59 Å². The monoisotopic (exact) mass is 288 g/mol. The number of nitrogens with one attached hydrogen (secondary N) is 1. The van der Waals surface area contributed by atoms with E-state index in [2.05, 4.69) is 12.2 Å². The number of anilines is 1. The molecule has 0 aromatic heterocycles. The molecule has 1 saturated heterocycles. The Labute approximate surface area is 126 Å². The number of carbonyl (C=O) groups excluding carboxylic acids is 2. The number of benzene rings is 1. The summed E-state index contributed by atoms with van der Waals surface area (Å²) < 4.78 is 0. The van der Waals surface area contributed by atoms with Gasteiger partial charge in [-0.15, -0.1) is 0 Å². The first-order valence-corrected chi connectivity index (χ1v) is 7.75. The summed E-state index contributed by atoms with van der Waals surface area (Å²) in [6.07, 6.45) is 2.08. The van der Waals surface area contributed by atoms with Gasteiger partial charge in [-0.3, -0.25) is 9.59 Å². The highest BCUT2D eigenvalue weighted by atomic mass is 16.2. The van der Waals surface area contributed by atoms with Crippen molar-refractivity contribution in [2.24, 2.45) is 5.92 Å². The van der Waals surface area contributed by atoms with E-state index in [1.165, 1.54) is 0 Å². The third-order valence-corrected chi connectivity index (χ3v) is 4.16. The minimum atomic E-state index is -0.239. The van der Waals surface area contributed by atoms with Gasteiger partial charge in [0.2, 0.25) is 11.8 Å². The van der Waals surface area contributed by atoms with Crippen LogP contribution in [-0.2, 0) is 16.0 Å². The van der Waals surface area contributed by atoms with E-state index in [0.29, 0.717) is 13.0 Å². The van der Waals surface area contributed by atoms with Gasteiger partial charge in [0.15, 0.2) is 0 Å². The molecule has 1 aliphatic rings. The number of amides is 2. The standard InChI is InChI=1S/C17H24N2O2/c1-4-12(3)18-17(21)14-10-16(20)19(11-14)15-9-7-6-8-13(15)5-2/h6-9,12,14H,4-5,10-11H2,1-3H3,(H,18,21)/t12-,14+/m0/s1. The molecule has 0 spiro atoms. The Hall–Kier alpha value is -1.84. The summed E-state index contributed by atoms with van der Waals surface area (Å²) in [4.78, 5) is 26.2. The summed E-state index contributed by atoms with van der Waals surface area (Å²) in [5, 5.41) is 2.97. The highest BCUT2D eigenvalue weighted by molar-refractivity contribution is 6.00. The third kappa shape index (κ3) is 3.43. The zero-order valence-electron chi connectivity index (χ0n) is 13.1. The lowest BCUT2D eigenvalue weighted by Crippen LogP contribution is -2.38. The molecule has 21 heavy (non-hydrogen) atoms. The minimum Gasteiger partial charge on any atom is -0.353 e. The zero-order valence-corrected chi connectivity index (χ0v) is 13.1. The first-order chi connectivity index (χ1) is 10.1. The Balaban J connectivity index is 2.11. The van der Waals surface area contributed by atoms with Crippen LogP contribution in [0.1, 0.15) is 39.2 Å². The lowest BCUT2D eigenvalue weighted by atomic mass is 10.1. The molecule has 1 fully saturated rings. The smallest absolute Gasteiger partial charge is 0.227 e. The van der Waals surface area contributed by atoms with E-state index in [0.717, 1.165) is 24.1 Å². The molecule has 0 saturated carbocycles. The minimum absolute atomic E-state index is 0.00539. The molecule has 4 heteroatoms. The molecule has 2 atom stereocenters. The Kier molecular flexibility index (Phi) is 4.99. The molecule has 1 aliphatic heterocycles. The van der Waals surface area contributed by atoms with Crippen LogP contribution in [0.5, 0.6) is 0 Å². The van der Waals surface area contributed by atoms with E-state index < -0.39 is 0 Å².